The van der Waals surface area contributed by atoms with Crippen molar-refractivity contribution < 1.29 is 34.5 Å². The minimum absolute atomic E-state index is 0.0313. The number of carboxylic acid groups (broad SMARTS) is 1. The second-order valence-electron chi connectivity index (χ2n) is 12.9. The number of hydrogen-bond acceptors (Lipinski definition) is 8. The summed E-state index contributed by atoms with van der Waals surface area (Å²) in [5.41, 5.74) is 8.55. The highest BCUT2D eigenvalue weighted by Gasteiger charge is 2.57. The average molecular weight is 582 g/mol. The first-order chi connectivity index (χ1) is 19.9. The average Bonchev–Trinajstić information content (AvgIpc) is 3.31. The summed E-state index contributed by atoms with van der Waals surface area (Å²) in [6, 6.07) is 9.26. The van der Waals surface area contributed by atoms with Crippen LogP contribution < -0.4 is 15.8 Å². The fraction of sp³-hybridized carbons (Fsp3) is 0.562. The van der Waals surface area contributed by atoms with Gasteiger partial charge in [-0.25, -0.2) is 4.79 Å². The Hall–Kier alpha value is -3.18. The molecule has 10 heteroatoms. The minimum atomic E-state index is -1.09. The molecule has 0 aromatic heterocycles. The Bertz CT molecular complexity index is 1350. The molecule has 3 aliphatic carbocycles. The molecule has 8 atom stereocenters. The SMILES string of the molecule is COc1c(CN2O[C@@H](CO)[C@H]([C@H](C)O)[C@H]2C(=O)N[C@H]2C[C@H]3C[C@H]([C@@H]2C)C3(C)C)cccc1-c1cc(N)cc(C(=O)O)c1. The molecule has 4 fully saturated rings. The number of para-hydroxylation sites is 1. The number of nitrogens with one attached hydrogen (secondary N) is 1. The summed E-state index contributed by atoms with van der Waals surface area (Å²) in [5.74, 6) is -0.0498. The number of amides is 1. The zero-order valence-electron chi connectivity index (χ0n) is 24.9. The number of carbonyl (C=O) groups excluding carboxylic acids is 1. The summed E-state index contributed by atoms with van der Waals surface area (Å²) in [6.45, 7) is 8.23. The number of anilines is 1. The van der Waals surface area contributed by atoms with Crippen LogP contribution in [0.4, 0.5) is 5.69 Å². The van der Waals surface area contributed by atoms with Crippen molar-refractivity contribution in [1.82, 2.24) is 10.4 Å². The number of aromatic carboxylic acids is 1. The Kier molecular flexibility index (Phi) is 8.28. The fourth-order valence-corrected chi connectivity index (χ4v) is 7.76. The van der Waals surface area contributed by atoms with Crippen LogP contribution in [0.25, 0.3) is 11.1 Å². The zero-order valence-corrected chi connectivity index (χ0v) is 24.9. The lowest BCUT2D eigenvalue weighted by atomic mass is 9.45. The number of benzene rings is 2. The summed E-state index contributed by atoms with van der Waals surface area (Å²) >= 11 is 0. The number of hydrogen-bond donors (Lipinski definition) is 5. The van der Waals surface area contributed by atoms with E-state index in [4.69, 9.17) is 15.3 Å². The van der Waals surface area contributed by atoms with E-state index in [1.54, 1.807) is 13.0 Å². The van der Waals surface area contributed by atoms with Gasteiger partial charge in [-0.05, 0) is 66.7 Å². The molecular formula is C32H43N3O7. The smallest absolute Gasteiger partial charge is 0.335 e. The number of carbonyl (C=O) groups is 2. The predicted molar refractivity (Wildman–Crippen MR) is 157 cm³/mol. The number of aliphatic hydroxyl groups excluding tert-OH is 2. The van der Waals surface area contributed by atoms with E-state index in [9.17, 15) is 24.9 Å². The molecule has 0 radical (unpaired) electrons. The fourth-order valence-electron chi connectivity index (χ4n) is 7.76. The number of aliphatic hydroxyl groups is 2. The molecule has 2 aromatic rings. The third-order valence-corrected chi connectivity index (χ3v) is 10.2. The van der Waals surface area contributed by atoms with Gasteiger partial charge >= 0.3 is 5.97 Å². The molecular weight excluding hydrogens is 538 g/mol. The highest BCUT2D eigenvalue weighted by Crippen LogP contribution is 2.61. The quantitative estimate of drug-likeness (QED) is 0.281. The summed E-state index contributed by atoms with van der Waals surface area (Å²) in [6.07, 6.45) is 0.438. The van der Waals surface area contributed by atoms with E-state index < -0.39 is 30.1 Å². The lowest BCUT2D eigenvalue weighted by Crippen LogP contribution is -2.62. The molecule has 4 aliphatic rings. The first-order valence-corrected chi connectivity index (χ1v) is 14.7. The maximum absolute atomic E-state index is 14.0. The van der Waals surface area contributed by atoms with Gasteiger partial charge in [0.05, 0.1) is 31.9 Å². The summed E-state index contributed by atoms with van der Waals surface area (Å²) < 4.78 is 5.81. The van der Waals surface area contributed by atoms with Gasteiger partial charge in [0.25, 0.3) is 0 Å². The van der Waals surface area contributed by atoms with Gasteiger partial charge in [-0.3, -0.25) is 9.63 Å². The number of nitrogen functional groups attached to an aromatic ring is 1. The van der Waals surface area contributed by atoms with Gasteiger partial charge in [0, 0.05) is 28.8 Å². The largest absolute Gasteiger partial charge is 0.496 e. The van der Waals surface area contributed by atoms with Crippen molar-refractivity contribution in [3.63, 3.8) is 0 Å². The van der Waals surface area contributed by atoms with Crippen molar-refractivity contribution in [2.45, 2.75) is 71.4 Å². The van der Waals surface area contributed by atoms with E-state index in [2.05, 4.69) is 26.1 Å². The highest BCUT2D eigenvalue weighted by molar-refractivity contribution is 5.91. The number of hydroxylamine groups is 2. The molecule has 6 N–H and O–H groups in total. The Labute approximate surface area is 246 Å². The number of ether oxygens (including phenoxy) is 1. The molecule has 2 aromatic carbocycles. The van der Waals surface area contributed by atoms with Crippen LogP contribution in [0.1, 0.15) is 56.5 Å². The third-order valence-electron chi connectivity index (χ3n) is 10.2. The van der Waals surface area contributed by atoms with Crippen molar-refractivity contribution in [2.75, 3.05) is 19.5 Å². The molecule has 0 spiro atoms. The van der Waals surface area contributed by atoms with Crippen molar-refractivity contribution in [2.24, 2.45) is 29.1 Å². The predicted octanol–water partition coefficient (Wildman–Crippen LogP) is 3.30. The van der Waals surface area contributed by atoms with Gasteiger partial charge in [-0.2, -0.15) is 5.06 Å². The number of fused-ring (bicyclic) bond motifs is 2. The van der Waals surface area contributed by atoms with Gasteiger partial charge in [0.1, 0.15) is 17.9 Å². The monoisotopic (exact) mass is 581 g/mol. The molecule has 6 rings (SSSR count). The number of rotatable bonds is 9. The Morgan fingerprint density at radius 3 is 2.57 bits per heavy atom. The van der Waals surface area contributed by atoms with E-state index in [0.29, 0.717) is 45.9 Å². The van der Waals surface area contributed by atoms with E-state index >= 15 is 0 Å². The van der Waals surface area contributed by atoms with Crippen molar-refractivity contribution in [1.29, 1.82) is 0 Å². The summed E-state index contributed by atoms with van der Waals surface area (Å²) in [7, 11) is 1.52. The van der Waals surface area contributed by atoms with E-state index in [1.165, 1.54) is 30.7 Å². The molecule has 3 saturated carbocycles. The Morgan fingerprint density at radius 2 is 1.98 bits per heavy atom. The molecule has 42 heavy (non-hydrogen) atoms. The minimum Gasteiger partial charge on any atom is -0.496 e. The van der Waals surface area contributed by atoms with Crippen LogP contribution in [-0.4, -0.2) is 70.3 Å². The van der Waals surface area contributed by atoms with Crippen LogP contribution in [0.5, 0.6) is 5.75 Å². The van der Waals surface area contributed by atoms with E-state index in [0.717, 1.165) is 6.42 Å². The molecule has 0 unspecified atom stereocenters. The van der Waals surface area contributed by atoms with Crippen LogP contribution in [0.3, 0.4) is 0 Å². The van der Waals surface area contributed by atoms with Crippen LogP contribution in [0.2, 0.25) is 0 Å². The van der Waals surface area contributed by atoms with Gasteiger partial charge < -0.3 is 31.1 Å². The van der Waals surface area contributed by atoms with Crippen molar-refractivity contribution in [3.8, 4) is 16.9 Å². The first-order valence-electron chi connectivity index (χ1n) is 14.7. The molecule has 228 valence electrons. The molecule has 1 amide bonds. The molecule has 1 heterocycles. The summed E-state index contributed by atoms with van der Waals surface area (Å²) in [5, 5.41) is 35.2. The number of nitrogens with zero attached hydrogens (tertiary/aromatic N) is 1. The number of carboxylic acids is 1. The highest BCUT2D eigenvalue weighted by atomic mass is 16.7. The molecule has 1 aliphatic heterocycles. The van der Waals surface area contributed by atoms with Crippen molar-refractivity contribution >= 4 is 17.6 Å². The standard InChI is InChI=1S/C32H43N3O7/c1-16-24-12-21(32(24,3)4)13-25(16)34-30(38)28-27(17(2)37)26(15-36)42-35(28)14-18-7-6-8-23(29(18)41-5)19-9-20(31(39)40)11-22(33)10-19/h6-11,16-17,21,24-28,36-37H,12-15,33H2,1-5H3,(H,34,38)(H,39,40)/t16-,17-,21+,24+,25-,26-,27-,28-/m0/s1. The molecule has 10 nitrogen and oxygen atoms in total. The van der Waals surface area contributed by atoms with E-state index in [1.807, 2.05) is 18.2 Å². The van der Waals surface area contributed by atoms with Crippen LogP contribution in [0, 0.1) is 29.1 Å². The lowest BCUT2D eigenvalue weighted by Gasteiger charge is -2.62. The Morgan fingerprint density at radius 1 is 1.24 bits per heavy atom. The van der Waals surface area contributed by atoms with Gasteiger partial charge in [0.15, 0.2) is 0 Å². The summed E-state index contributed by atoms with van der Waals surface area (Å²) in [4.78, 5) is 31.8. The number of nitrogens with two attached hydrogens (primary N) is 1. The zero-order chi connectivity index (χ0) is 30.5. The maximum atomic E-state index is 14.0. The third kappa shape index (κ3) is 5.25. The van der Waals surface area contributed by atoms with Gasteiger partial charge in [-0.15, -0.1) is 0 Å². The first kappa shape index (κ1) is 30.3. The second-order valence-corrected chi connectivity index (χ2v) is 12.9. The van der Waals surface area contributed by atoms with Gasteiger partial charge in [0.2, 0.25) is 5.91 Å². The van der Waals surface area contributed by atoms with Crippen LogP contribution in [-0.2, 0) is 16.2 Å². The Balaban J connectivity index is 1.44. The second kappa shape index (κ2) is 11.5. The van der Waals surface area contributed by atoms with E-state index in [-0.39, 0.29) is 36.1 Å². The molecule has 1 saturated heterocycles. The van der Waals surface area contributed by atoms with Crippen LogP contribution >= 0.6 is 0 Å². The molecule has 2 bridgehead atoms. The topological polar surface area (TPSA) is 155 Å². The number of methoxy groups -OCH3 is 1. The lowest BCUT2D eigenvalue weighted by molar-refractivity contribution is -0.183. The van der Waals surface area contributed by atoms with Crippen molar-refractivity contribution in [3.05, 3.63) is 47.5 Å². The normalized spacial score (nSPS) is 30.8. The van der Waals surface area contributed by atoms with Gasteiger partial charge in [-0.1, -0.05) is 39.0 Å². The van der Waals surface area contributed by atoms with Crippen LogP contribution in [0.15, 0.2) is 36.4 Å². The maximum Gasteiger partial charge on any atom is 0.335 e.